The molecular formula is C16H14FNO5. The van der Waals surface area contributed by atoms with E-state index in [1.54, 1.807) is 0 Å². The van der Waals surface area contributed by atoms with Crippen LogP contribution in [0.15, 0.2) is 48.5 Å². The molecule has 0 heterocycles. The Bertz CT molecular complexity index is 690. The predicted molar refractivity (Wildman–Crippen MR) is 79.9 cm³/mol. The van der Waals surface area contributed by atoms with Crippen LogP contribution in [-0.4, -0.2) is 24.1 Å². The van der Waals surface area contributed by atoms with Crippen molar-refractivity contribution in [3.63, 3.8) is 0 Å². The number of hydrogen-bond acceptors (Lipinski definition) is 5. The van der Waals surface area contributed by atoms with Gasteiger partial charge in [0.05, 0.1) is 23.7 Å². The Morgan fingerprint density at radius 3 is 2.52 bits per heavy atom. The van der Waals surface area contributed by atoms with Gasteiger partial charge in [0, 0.05) is 12.5 Å². The fourth-order valence-electron chi connectivity index (χ4n) is 1.80. The number of benzene rings is 2. The van der Waals surface area contributed by atoms with E-state index in [2.05, 4.69) is 0 Å². The normalized spacial score (nSPS) is 10.1. The molecule has 0 saturated carbocycles. The third-order valence-corrected chi connectivity index (χ3v) is 2.91. The third kappa shape index (κ3) is 4.77. The number of hydrogen-bond donors (Lipinski definition) is 0. The van der Waals surface area contributed by atoms with Crippen LogP contribution in [0.3, 0.4) is 0 Å². The summed E-state index contributed by atoms with van der Waals surface area (Å²) in [6.07, 6.45) is 0.468. The summed E-state index contributed by atoms with van der Waals surface area (Å²) in [5.41, 5.74) is -0.755. The van der Waals surface area contributed by atoms with Crippen molar-refractivity contribution in [2.45, 2.75) is 6.42 Å². The number of carbonyl (C=O) groups is 1. The highest BCUT2D eigenvalue weighted by Crippen LogP contribution is 2.18. The number of esters is 1. The number of nitrogens with zero attached hydrogens (tertiary/aromatic N) is 1. The molecule has 0 atom stereocenters. The minimum absolute atomic E-state index is 0.0722. The standard InChI is InChI=1S/C16H14FNO5/c17-14-11-12(7-8-15(14)18(20)21)16(19)23-10-4-9-22-13-5-2-1-3-6-13/h1-3,5-8,11H,4,9-10H2. The number of ether oxygens (including phenoxy) is 2. The Morgan fingerprint density at radius 2 is 1.87 bits per heavy atom. The van der Waals surface area contributed by atoms with Gasteiger partial charge in [-0.25, -0.2) is 4.79 Å². The van der Waals surface area contributed by atoms with Crippen molar-refractivity contribution in [2.24, 2.45) is 0 Å². The average Bonchev–Trinajstić information content (AvgIpc) is 2.55. The van der Waals surface area contributed by atoms with Crippen LogP contribution in [0.2, 0.25) is 0 Å². The van der Waals surface area contributed by atoms with Crippen molar-refractivity contribution in [3.05, 3.63) is 70.0 Å². The van der Waals surface area contributed by atoms with Crippen LogP contribution in [0.5, 0.6) is 5.75 Å². The molecule has 120 valence electrons. The maximum absolute atomic E-state index is 13.4. The van der Waals surface area contributed by atoms with E-state index in [-0.39, 0.29) is 12.2 Å². The predicted octanol–water partition coefficient (Wildman–Crippen LogP) is 3.36. The molecule has 0 bridgehead atoms. The van der Waals surface area contributed by atoms with E-state index in [1.165, 1.54) is 0 Å². The Hall–Kier alpha value is -2.96. The SMILES string of the molecule is O=C(OCCCOc1ccccc1)c1ccc([N+](=O)[O-])c(F)c1. The number of nitro groups is 1. The molecule has 0 N–H and O–H groups in total. The summed E-state index contributed by atoms with van der Waals surface area (Å²) < 4.78 is 23.8. The second-order valence-electron chi connectivity index (χ2n) is 4.57. The monoisotopic (exact) mass is 319 g/mol. The molecule has 0 amide bonds. The summed E-state index contributed by atoms with van der Waals surface area (Å²) >= 11 is 0. The molecule has 0 aliphatic carbocycles. The van der Waals surface area contributed by atoms with Crippen LogP contribution in [0.1, 0.15) is 16.8 Å². The summed E-state index contributed by atoms with van der Waals surface area (Å²) in [4.78, 5) is 21.4. The van der Waals surface area contributed by atoms with Gasteiger partial charge >= 0.3 is 11.7 Å². The molecule has 23 heavy (non-hydrogen) atoms. The first-order valence-corrected chi connectivity index (χ1v) is 6.87. The van der Waals surface area contributed by atoms with Gasteiger partial charge in [0.25, 0.3) is 0 Å². The van der Waals surface area contributed by atoms with E-state index in [9.17, 15) is 19.3 Å². The fourth-order valence-corrected chi connectivity index (χ4v) is 1.80. The number of rotatable bonds is 7. The number of nitro benzene ring substituents is 1. The Labute approximate surface area is 131 Å². The maximum atomic E-state index is 13.4. The summed E-state index contributed by atoms with van der Waals surface area (Å²) in [5.74, 6) is -1.09. The molecule has 0 aromatic heterocycles. The van der Waals surface area contributed by atoms with Crippen LogP contribution in [0.4, 0.5) is 10.1 Å². The van der Waals surface area contributed by atoms with Crippen LogP contribution < -0.4 is 4.74 Å². The van der Waals surface area contributed by atoms with Gasteiger partial charge in [-0.1, -0.05) is 18.2 Å². The van der Waals surface area contributed by atoms with Gasteiger partial charge in [-0.2, -0.15) is 4.39 Å². The highest BCUT2D eigenvalue weighted by molar-refractivity contribution is 5.89. The van der Waals surface area contributed by atoms with Crippen molar-refractivity contribution in [3.8, 4) is 5.75 Å². The summed E-state index contributed by atoms with van der Waals surface area (Å²) in [5, 5.41) is 10.5. The minimum Gasteiger partial charge on any atom is -0.493 e. The second kappa shape index (κ2) is 7.88. The number of carbonyl (C=O) groups excluding carboxylic acids is 1. The molecule has 6 nitrogen and oxygen atoms in total. The minimum atomic E-state index is -1.07. The number of para-hydroxylation sites is 1. The first kappa shape index (κ1) is 16.4. The van der Waals surface area contributed by atoms with Gasteiger partial charge in [-0.05, 0) is 24.3 Å². The van der Waals surface area contributed by atoms with E-state index in [0.717, 1.165) is 23.9 Å². The van der Waals surface area contributed by atoms with Gasteiger partial charge < -0.3 is 9.47 Å². The zero-order valence-electron chi connectivity index (χ0n) is 12.1. The van der Waals surface area contributed by atoms with Gasteiger partial charge in [-0.15, -0.1) is 0 Å². The quantitative estimate of drug-likeness (QED) is 0.338. The maximum Gasteiger partial charge on any atom is 0.338 e. The van der Waals surface area contributed by atoms with Gasteiger partial charge in [0.1, 0.15) is 5.75 Å². The largest absolute Gasteiger partial charge is 0.493 e. The molecule has 2 aromatic carbocycles. The molecule has 0 saturated heterocycles. The highest BCUT2D eigenvalue weighted by atomic mass is 19.1. The summed E-state index contributed by atoms with van der Waals surface area (Å²) in [6, 6.07) is 12.1. The van der Waals surface area contributed by atoms with Crippen molar-refractivity contribution < 1.29 is 23.6 Å². The lowest BCUT2D eigenvalue weighted by Gasteiger charge is -2.07. The lowest BCUT2D eigenvalue weighted by atomic mass is 10.2. The van der Waals surface area contributed by atoms with Crippen LogP contribution in [0.25, 0.3) is 0 Å². The molecule has 2 aromatic rings. The van der Waals surface area contributed by atoms with E-state index < -0.39 is 22.4 Å². The lowest BCUT2D eigenvalue weighted by molar-refractivity contribution is -0.387. The van der Waals surface area contributed by atoms with Crippen molar-refractivity contribution >= 4 is 11.7 Å². The van der Waals surface area contributed by atoms with Gasteiger partial charge in [-0.3, -0.25) is 10.1 Å². The molecule has 0 aliphatic heterocycles. The molecule has 0 radical (unpaired) electrons. The molecule has 0 spiro atoms. The molecule has 0 fully saturated rings. The Balaban J connectivity index is 1.76. The smallest absolute Gasteiger partial charge is 0.338 e. The van der Waals surface area contributed by atoms with E-state index in [4.69, 9.17) is 9.47 Å². The van der Waals surface area contributed by atoms with E-state index in [1.807, 2.05) is 30.3 Å². The molecule has 0 unspecified atom stereocenters. The van der Waals surface area contributed by atoms with Crippen molar-refractivity contribution in [1.82, 2.24) is 0 Å². The molecule has 2 rings (SSSR count). The first-order valence-electron chi connectivity index (χ1n) is 6.87. The Morgan fingerprint density at radius 1 is 1.13 bits per heavy atom. The topological polar surface area (TPSA) is 78.7 Å². The van der Waals surface area contributed by atoms with Crippen LogP contribution >= 0.6 is 0 Å². The Kier molecular flexibility index (Phi) is 5.62. The van der Waals surface area contributed by atoms with E-state index in [0.29, 0.717) is 13.0 Å². The molecular weight excluding hydrogens is 305 g/mol. The van der Waals surface area contributed by atoms with Crippen LogP contribution in [0, 0.1) is 15.9 Å². The summed E-state index contributed by atoms with van der Waals surface area (Å²) in [7, 11) is 0. The third-order valence-electron chi connectivity index (χ3n) is 2.91. The first-order chi connectivity index (χ1) is 11.1. The fraction of sp³-hybridized carbons (Fsp3) is 0.188. The average molecular weight is 319 g/mol. The second-order valence-corrected chi connectivity index (χ2v) is 4.57. The number of halogens is 1. The zero-order valence-corrected chi connectivity index (χ0v) is 12.1. The lowest BCUT2D eigenvalue weighted by Crippen LogP contribution is -2.10. The van der Waals surface area contributed by atoms with Crippen LogP contribution in [-0.2, 0) is 4.74 Å². The highest BCUT2D eigenvalue weighted by Gasteiger charge is 2.17. The zero-order chi connectivity index (χ0) is 16.7. The molecule has 0 aliphatic rings. The van der Waals surface area contributed by atoms with Crippen molar-refractivity contribution in [1.29, 1.82) is 0 Å². The van der Waals surface area contributed by atoms with Gasteiger partial charge in [0.2, 0.25) is 5.82 Å². The molecule has 7 heteroatoms. The van der Waals surface area contributed by atoms with E-state index >= 15 is 0 Å². The van der Waals surface area contributed by atoms with Gasteiger partial charge in [0.15, 0.2) is 0 Å². The van der Waals surface area contributed by atoms with Crippen molar-refractivity contribution in [2.75, 3.05) is 13.2 Å². The summed E-state index contributed by atoms with van der Waals surface area (Å²) in [6.45, 7) is 0.468.